The molecule has 1 fully saturated rings. The molecular formula is C9H14O4. The summed E-state index contributed by atoms with van der Waals surface area (Å²) in [7, 11) is 0. The first kappa shape index (κ1) is 10.2. The Morgan fingerprint density at radius 2 is 2.46 bits per heavy atom. The molecule has 0 aromatic heterocycles. The fraction of sp³-hybridized carbons (Fsp3) is 0.778. The van der Waals surface area contributed by atoms with Crippen LogP contribution in [-0.4, -0.2) is 31.6 Å². The highest BCUT2D eigenvalue weighted by atomic mass is 16.6. The van der Waals surface area contributed by atoms with Crippen LogP contribution in [0.2, 0.25) is 0 Å². The number of hydrogen-bond donors (Lipinski definition) is 0. The Labute approximate surface area is 77.2 Å². The van der Waals surface area contributed by atoms with Crippen LogP contribution in [-0.2, 0) is 19.1 Å². The number of rotatable bonds is 3. The van der Waals surface area contributed by atoms with Crippen LogP contribution in [0.3, 0.4) is 0 Å². The smallest absolute Gasteiger partial charge is 0.335 e. The van der Waals surface area contributed by atoms with Gasteiger partial charge in [0.1, 0.15) is 6.29 Å². The van der Waals surface area contributed by atoms with Crippen molar-refractivity contribution in [2.45, 2.75) is 25.9 Å². The lowest BCUT2D eigenvalue weighted by molar-refractivity contribution is -0.161. The molecule has 0 unspecified atom stereocenters. The molecule has 1 rings (SSSR count). The summed E-state index contributed by atoms with van der Waals surface area (Å²) in [5, 5.41) is 0. The molecule has 1 aliphatic rings. The Bertz CT molecular complexity index is 190. The summed E-state index contributed by atoms with van der Waals surface area (Å²) in [5.41, 5.74) is 0. The van der Waals surface area contributed by atoms with Crippen molar-refractivity contribution in [2.75, 3.05) is 13.2 Å². The van der Waals surface area contributed by atoms with Gasteiger partial charge in [-0.25, -0.2) is 4.79 Å². The van der Waals surface area contributed by atoms with E-state index in [0.29, 0.717) is 26.1 Å². The maximum Gasteiger partial charge on any atom is 0.335 e. The third-order valence-corrected chi connectivity index (χ3v) is 2.07. The Morgan fingerprint density at radius 3 is 3.08 bits per heavy atom. The molecule has 0 bridgehead atoms. The molecular weight excluding hydrogens is 172 g/mol. The monoisotopic (exact) mass is 186 g/mol. The minimum atomic E-state index is -0.538. The van der Waals surface area contributed by atoms with Crippen LogP contribution in [0.5, 0.6) is 0 Å². The van der Waals surface area contributed by atoms with Crippen LogP contribution in [0, 0.1) is 5.92 Å². The predicted molar refractivity (Wildman–Crippen MR) is 45.2 cm³/mol. The third kappa shape index (κ3) is 2.81. The molecule has 1 saturated heterocycles. The molecule has 13 heavy (non-hydrogen) atoms. The second-order valence-corrected chi connectivity index (χ2v) is 3.03. The van der Waals surface area contributed by atoms with E-state index in [1.165, 1.54) is 0 Å². The second-order valence-electron chi connectivity index (χ2n) is 3.03. The zero-order valence-corrected chi connectivity index (χ0v) is 7.69. The summed E-state index contributed by atoms with van der Waals surface area (Å²) in [6.45, 7) is 2.56. The Kier molecular flexibility index (Phi) is 3.89. The van der Waals surface area contributed by atoms with Crippen molar-refractivity contribution in [1.29, 1.82) is 0 Å². The van der Waals surface area contributed by atoms with Gasteiger partial charge in [0.25, 0.3) is 0 Å². The van der Waals surface area contributed by atoms with Gasteiger partial charge >= 0.3 is 5.97 Å². The van der Waals surface area contributed by atoms with Crippen LogP contribution < -0.4 is 0 Å². The molecule has 4 nitrogen and oxygen atoms in total. The molecule has 0 saturated carbocycles. The van der Waals surface area contributed by atoms with Crippen LogP contribution in [0.1, 0.15) is 19.8 Å². The van der Waals surface area contributed by atoms with Crippen molar-refractivity contribution < 1.29 is 19.1 Å². The molecule has 0 radical (unpaired) electrons. The molecule has 0 amide bonds. The van der Waals surface area contributed by atoms with E-state index in [-0.39, 0.29) is 11.9 Å². The molecule has 0 spiro atoms. The van der Waals surface area contributed by atoms with Crippen LogP contribution >= 0.6 is 0 Å². The van der Waals surface area contributed by atoms with Crippen LogP contribution in [0.15, 0.2) is 0 Å². The zero-order valence-electron chi connectivity index (χ0n) is 7.69. The maximum atomic E-state index is 11.2. The van der Waals surface area contributed by atoms with Gasteiger partial charge in [-0.2, -0.15) is 0 Å². The lowest BCUT2D eigenvalue weighted by atomic mass is 9.97. The summed E-state index contributed by atoms with van der Waals surface area (Å²) < 4.78 is 9.99. The highest BCUT2D eigenvalue weighted by molar-refractivity contribution is 5.75. The molecule has 0 N–H and O–H groups in total. The lowest BCUT2D eigenvalue weighted by Crippen LogP contribution is -2.34. The quantitative estimate of drug-likeness (QED) is 0.477. The average molecular weight is 186 g/mol. The van der Waals surface area contributed by atoms with Gasteiger partial charge < -0.3 is 14.3 Å². The molecule has 4 heteroatoms. The average Bonchev–Trinajstić information content (AvgIpc) is 2.18. The molecule has 0 aliphatic carbocycles. The highest BCUT2D eigenvalue weighted by Gasteiger charge is 2.28. The first-order chi connectivity index (χ1) is 6.27. The first-order valence-corrected chi connectivity index (χ1v) is 4.51. The molecule has 1 heterocycles. The van der Waals surface area contributed by atoms with Gasteiger partial charge in [-0.3, -0.25) is 0 Å². The SMILES string of the molecule is CCOC(=O)[C@H]1C[C@@H](C=O)CCO1. The van der Waals surface area contributed by atoms with Gasteiger partial charge in [0.05, 0.1) is 6.61 Å². The largest absolute Gasteiger partial charge is 0.464 e. The number of aldehydes is 1. The van der Waals surface area contributed by atoms with Crippen molar-refractivity contribution in [1.82, 2.24) is 0 Å². The van der Waals surface area contributed by atoms with E-state index in [9.17, 15) is 9.59 Å². The van der Waals surface area contributed by atoms with Gasteiger partial charge in [0.15, 0.2) is 6.10 Å². The zero-order chi connectivity index (χ0) is 9.68. The maximum absolute atomic E-state index is 11.2. The van der Waals surface area contributed by atoms with Gasteiger partial charge in [-0.15, -0.1) is 0 Å². The van der Waals surface area contributed by atoms with Crippen LogP contribution in [0.4, 0.5) is 0 Å². The Hall–Kier alpha value is -0.900. The molecule has 0 aromatic carbocycles. The minimum Gasteiger partial charge on any atom is -0.464 e. The summed E-state index contributed by atoms with van der Waals surface area (Å²) in [6, 6.07) is 0. The van der Waals surface area contributed by atoms with E-state index in [2.05, 4.69) is 0 Å². The van der Waals surface area contributed by atoms with Crippen molar-refractivity contribution in [3.8, 4) is 0 Å². The Balaban J connectivity index is 2.41. The normalized spacial score (nSPS) is 28.1. The number of ether oxygens (including phenoxy) is 2. The Morgan fingerprint density at radius 1 is 1.69 bits per heavy atom. The van der Waals surface area contributed by atoms with Crippen molar-refractivity contribution in [3.05, 3.63) is 0 Å². The van der Waals surface area contributed by atoms with Crippen molar-refractivity contribution in [3.63, 3.8) is 0 Å². The van der Waals surface area contributed by atoms with Crippen LogP contribution in [0.25, 0.3) is 0 Å². The van der Waals surface area contributed by atoms with E-state index < -0.39 is 6.10 Å². The van der Waals surface area contributed by atoms with Gasteiger partial charge in [-0.05, 0) is 19.8 Å². The first-order valence-electron chi connectivity index (χ1n) is 4.51. The molecule has 74 valence electrons. The summed E-state index contributed by atoms with van der Waals surface area (Å²) in [6.07, 6.45) is 1.51. The topological polar surface area (TPSA) is 52.6 Å². The second kappa shape index (κ2) is 4.97. The van der Waals surface area contributed by atoms with Crippen molar-refractivity contribution >= 4 is 12.3 Å². The van der Waals surface area contributed by atoms with E-state index >= 15 is 0 Å². The van der Waals surface area contributed by atoms with Gasteiger partial charge in [0, 0.05) is 12.5 Å². The fourth-order valence-corrected chi connectivity index (χ4v) is 1.35. The number of carbonyl (C=O) groups is 2. The van der Waals surface area contributed by atoms with E-state index in [1.807, 2.05) is 0 Å². The number of esters is 1. The minimum absolute atomic E-state index is 0.0526. The van der Waals surface area contributed by atoms with E-state index in [0.717, 1.165) is 6.29 Å². The van der Waals surface area contributed by atoms with Gasteiger partial charge in [-0.1, -0.05) is 0 Å². The third-order valence-electron chi connectivity index (χ3n) is 2.07. The van der Waals surface area contributed by atoms with E-state index in [1.54, 1.807) is 6.92 Å². The van der Waals surface area contributed by atoms with Crippen molar-refractivity contribution in [2.24, 2.45) is 5.92 Å². The summed E-state index contributed by atoms with van der Waals surface area (Å²) in [5.74, 6) is -0.405. The molecule has 1 aliphatic heterocycles. The summed E-state index contributed by atoms with van der Waals surface area (Å²) >= 11 is 0. The standard InChI is InChI=1S/C9H14O4/c1-2-12-9(11)8-5-7(6-10)3-4-13-8/h6-8H,2-5H2,1H3/t7-,8+/m0/s1. The molecule has 0 aromatic rings. The molecule has 2 atom stereocenters. The fourth-order valence-electron chi connectivity index (χ4n) is 1.35. The number of carbonyl (C=O) groups excluding carboxylic acids is 2. The number of hydrogen-bond acceptors (Lipinski definition) is 4. The predicted octanol–water partition coefficient (Wildman–Crippen LogP) is 0.544. The lowest BCUT2D eigenvalue weighted by Gasteiger charge is -2.24. The van der Waals surface area contributed by atoms with E-state index in [4.69, 9.17) is 9.47 Å². The van der Waals surface area contributed by atoms with Gasteiger partial charge in [0.2, 0.25) is 0 Å². The highest BCUT2D eigenvalue weighted by Crippen LogP contribution is 2.19. The summed E-state index contributed by atoms with van der Waals surface area (Å²) in [4.78, 5) is 21.7.